The third-order valence-corrected chi connectivity index (χ3v) is 4.24. The smallest absolute Gasteiger partial charge is 0.259 e. The van der Waals surface area contributed by atoms with Gasteiger partial charge in [0.2, 0.25) is 0 Å². The number of hydrogen-bond acceptors (Lipinski definition) is 6. The van der Waals surface area contributed by atoms with Gasteiger partial charge >= 0.3 is 0 Å². The topological polar surface area (TPSA) is 89.9 Å². The predicted octanol–water partition coefficient (Wildman–Crippen LogP) is 2.20. The molecule has 1 saturated carbocycles. The van der Waals surface area contributed by atoms with Gasteiger partial charge < -0.3 is 9.42 Å². The van der Waals surface area contributed by atoms with Crippen LogP contribution in [0.4, 0.5) is 0 Å². The Hall–Kier alpha value is -3.03. The molecule has 4 rings (SSSR count). The van der Waals surface area contributed by atoms with Gasteiger partial charge in [0.1, 0.15) is 0 Å². The summed E-state index contributed by atoms with van der Waals surface area (Å²) in [7, 11) is 3.43. The lowest BCUT2D eigenvalue weighted by Crippen LogP contribution is -2.22. The molecule has 0 aromatic carbocycles. The van der Waals surface area contributed by atoms with Crippen LogP contribution in [-0.2, 0) is 0 Å². The van der Waals surface area contributed by atoms with Crippen LogP contribution >= 0.6 is 0 Å². The Morgan fingerprint density at radius 1 is 1.28 bits per heavy atom. The maximum Gasteiger partial charge on any atom is 0.259 e. The molecule has 0 aliphatic heterocycles. The first-order chi connectivity index (χ1) is 12.0. The third-order valence-electron chi connectivity index (χ3n) is 4.24. The number of aromatic nitrogens is 5. The highest BCUT2D eigenvalue weighted by Crippen LogP contribution is 2.38. The minimum Gasteiger partial charge on any atom is -0.345 e. The van der Waals surface area contributed by atoms with Crippen LogP contribution < -0.4 is 0 Å². The standard InChI is InChI=1S/C17H18N6O2/c1-10-13(17(24)22(2)3)9-19-23(10)14-7-6-12(8-18-14)16-20-15(21-25-16)11-4-5-11/h6-9,11H,4-5H2,1-3H3. The molecule has 1 aliphatic carbocycles. The van der Waals surface area contributed by atoms with E-state index < -0.39 is 0 Å². The number of pyridine rings is 1. The summed E-state index contributed by atoms with van der Waals surface area (Å²) in [5.41, 5.74) is 2.06. The maximum absolute atomic E-state index is 12.1. The molecule has 0 unspecified atom stereocenters. The molecule has 25 heavy (non-hydrogen) atoms. The van der Waals surface area contributed by atoms with Crippen LogP contribution in [0.5, 0.6) is 0 Å². The summed E-state index contributed by atoms with van der Waals surface area (Å²) in [5.74, 6) is 2.24. The van der Waals surface area contributed by atoms with Crippen molar-refractivity contribution in [2.45, 2.75) is 25.7 Å². The van der Waals surface area contributed by atoms with Gasteiger partial charge in [-0.1, -0.05) is 5.16 Å². The van der Waals surface area contributed by atoms with E-state index in [1.165, 1.54) is 4.90 Å². The summed E-state index contributed by atoms with van der Waals surface area (Å²) in [4.78, 5) is 22.5. The quantitative estimate of drug-likeness (QED) is 0.724. The Morgan fingerprint density at radius 2 is 2.08 bits per heavy atom. The summed E-state index contributed by atoms with van der Waals surface area (Å²) in [6.45, 7) is 1.85. The lowest BCUT2D eigenvalue weighted by Gasteiger charge is -2.09. The first-order valence-electron chi connectivity index (χ1n) is 8.11. The molecule has 0 radical (unpaired) electrons. The minimum atomic E-state index is -0.0844. The fourth-order valence-electron chi connectivity index (χ4n) is 2.59. The molecule has 0 atom stereocenters. The Labute approximate surface area is 144 Å². The lowest BCUT2D eigenvalue weighted by molar-refractivity contribution is 0.0827. The van der Waals surface area contributed by atoms with Gasteiger partial charge in [-0.3, -0.25) is 4.79 Å². The molecule has 3 aromatic heterocycles. The van der Waals surface area contributed by atoms with E-state index in [1.54, 1.807) is 31.2 Å². The van der Waals surface area contributed by atoms with Gasteiger partial charge in [0.15, 0.2) is 11.6 Å². The molecular formula is C17H18N6O2. The molecule has 8 heteroatoms. The van der Waals surface area contributed by atoms with E-state index in [0.717, 1.165) is 29.9 Å². The zero-order valence-electron chi connectivity index (χ0n) is 14.3. The summed E-state index contributed by atoms with van der Waals surface area (Å²) >= 11 is 0. The predicted molar refractivity (Wildman–Crippen MR) is 89.4 cm³/mol. The Kier molecular flexibility index (Phi) is 3.60. The van der Waals surface area contributed by atoms with Crippen molar-refractivity contribution in [1.82, 2.24) is 29.8 Å². The van der Waals surface area contributed by atoms with Gasteiger partial charge in [0.25, 0.3) is 11.8 Å². The largest absolute Gasteiger partial charge is 0.345 e. The van der Waals surface area contributed by atoms with Gasteiger partial charge in [0.05, 0.1) is 23.0 Å². The van der Waals surface area contributed by atoms with Gasteiger partial charge in [-0.15, -0.1) is 0 Å². The van der Waals surface area contributed by atoms with Crippen molar-refractivity contribution in [2.75, 3.05) is 14.1 Å². The van der Waals surface area contributed by atoms with Crippen molar-refractivity contribution < 1.29 is 9.32 Å². The number of carbonyl (C=O) groups excluding carboxylic acids is 1. The maximum atomic E-state index is 12.1. The van der Waals surface area contributed by atoms with Crippen LogP contribution in [0.15, 0.2) is 29.0 Å². The van der Waals surface area contributed by atoms with E-state index in [1.807, 2.05) is 19.1 Å². The Bertz CT molecular complexity index is 921. The molecule has 3 aromatic rings. The number of hydrogen-bond donors (Lipinski definition) is 0. The average Bonchev–Trinajstić information content (AvgIpc) is 3.22. The Balaban J connectivity index is 1.60. The summed E-state index contributed by atoms with van der Waals surface area (Å²) in [6, 6.07) is 3.68. The molecule has 0 N–H and O–H groups in total. The van der Waals surface area contributed by atoms with Crippen LogP contribution in [0.25, 0.3) is 17.3 Å². The number of rotatable bonds is 4. The highest BCUT2D eigenvalue weighted by Gasteiger charge is 2.29. The average molecular weight is 338 g/mol. The van der Waals surface area contributed by atoms with Gasteiger partial charge in [-0.05, 0) is 31.9 Å². The molecule has 1 amide bonds. The van der Waals surface area contributed by atoms with E-state index in [-0.39, 0.29) is 5.91 Å². The third kappa shape index (κ3) is 2.79. The van der Waals surface area contributed by atoms with Crippen molar-refractivity contribution in [3.05, 3.63) is 41.6 Å². The van der Waals surface area contributed by atoms with E-state index >= 15 is 0 Å². The highest BCUT2D eigenvalue weighted by molar-refractivity contribution is 5.94. The van der Waals surface area contributed by atoms with Gasteiger partial charge in [0, 0.05) is 26.2 Å². The van der Waals surface area contributed by atoms with E-state index in [0.29, 0.717) is 23.2 Å². The van der Waals surface area contributed by atoms with Crippen LogP contribution in [0, 0.1) is 6.92 Å². The second-order valence-electron chi connectivity index (χ2n) is 6.39. The summed E-state index contributed by atoms with van der Waals surface area (Å²) in [6.07, 6.45) is 5.49. The van der Waals surface area contributed by atoms with Crippen molar-refractivity contribution in [2.24, 2.45) is 0 Å². The number of carbonyl (C=O) groups is 1. The number of nitrogens with zero attached hydrogens (tertiary/aromatic N) is 6. The van der Waals surface area contributed by atoms with Crippen molar-refractivity contribution in [1.29, 1.82) is 0 Å². The monoisotopic (exact) mass is 338 g/mol. The van der Waals surface area contributed by atoms with Gasteiger partial charge in [-0.25, -0.2) is 9.67 Å². The van der Waals surface area contributed by atoms with Gasteiger partial charge in [-0.2, -0.15) is 10.1 Å². The second-order valence-corrected chi connectivity index (χ2v) is 6.39. The van der Waals surface area contributed by atoms with E-state index in [4.69, 9.17) is 4.52 Å². The molecule has 0 saturated heterocycles. The summed E-state index contributed by atoms with van der Waals surface area (Å²) < 4.78 is 6.95. The first-order valence-corrected chi connectivity index (χ1v) is 8.11. The second kappa shape index (κ2) is 5.80. The molecule has 128 valence electrons. The lowest BCUT2D eigenvalue weighted by atomic mass is 10.2. The highest BCUT2D eigenvalue weighted by atomic mass is 16.5. The van der Waals surface area contributed by atoms with Crippen molar-refractivity contribution in [3.63, 3.8) is 0 Å². The van der Waals surface area contributed by atoms with E-state index in [9.17, 15) is 4.79 Å². The number of amides is 1. The SMILES string of the molecule is Cc1c(C(=O)N(C)C)cnn1-c1ccc(-c2nc(C3CC3)no2)cn1. The van der Waals surface area contributed by atoms with E-state index in [2.05, 4.69) is 20.2 Å². The normalized spacial score (nSPS) is 13.9. The molecule has 1 fully saturated rings. The van der Waals surface area contributed by atoms with Crippen LogP contribution in [-0.4, -0.2) is 49.8 Å². The van der Waals surface area contributed by atoms with Crippen molar-refractivity contribution >= 4 is 5.91 Å². The molecule has 0 spiro atoms. The molecule has 1 aliphatic rings. The van der Waals surface area contributed by atoms with Crippen LogP contribution in [0.3, 0.4) is 0 Å². The molecule has 3 heterocycles. The fraction of sp³-hybridized carbons (Fsp3) is 0.353. The van der Waals surface area contributed by atoms with Crippen LogP contribution in [0.2, 0.25) is 0 Å². The van der Waals surface area contributed by atoms with Crippen LogP contribution in [0.1, 0.15) is 40.6 Å². The zero-order valence-corrected chi connectivity index (χ0v) is 14.3. The summed E-state index contributed by atoms with van der Waals surface area (Å²) in [5, 5.41) is 8.30. The first kappa shape index (κ1) is 15.5. The molecular weight excluding hydrogens is 320 g/mol. The fourth-order valence-corrected chi connectivity index (χ4v) is 2.59. The molecule has 0 bridgehead atoms. The Morgan fingerprint density at radius 3 is 2.72 bits per heavy atom. The zero-order chi connectivity index (χ0) is 17.6. The molecule has 8 nitrogen and oxygen atoms in total. The van der Waals surface area contributed by atoms with Crippen molar-refractivity contribution in [3.8, 4) is 17.3 Å². The minimum absolute atomic E-state index is 0.0844.